The highest BCUT2D eigenvalue weighted by molar-refractivity contribution is 9.09. The molecule has 16 heavy (non-hydrogen) atoms. The first-order valence-corrected chi connectivity index (χ1v) is 6.02. The summed E-state index contributed by atoms with van der Waals surface area (Å²) in [6, 6.07) is 9.75. The molecule has 0 fully saturated rings. The first kappa shape index (κ1) is 10.1. The van der Waals surface area contributed by atoms with Crippen LogP contribution in [0.5, 0.6) is 5.88 Å². The number of halogens is 1. The summed E-state index contributed by atoms with van der Waals surface area (Å²) in [5.41, 5.74) is 1.65. The van der Waals surface area contributed by atoms with Gasteiger partial charge in [-0.25, -0.2) is 4.98 Å². The van der Waals surface area contributed by atoms with Crippen LogP contribution in [-0.4, -0.2) is 21.5 Å². The van der Waals surface area contributed by atoms with E-state index in [2.05, 4.69) is 20.9 Å². The fraction of sp³-hybridized carbons (Fsp3) is 0.250. The third-order valence-electron chi connectivity index (χ3n) is 2.76. The maximum atomic E-state index is 10.0. The molecule has 0 radical (unpaired) electrons. The van der Waals surface area contributed by atoms with Gasteiger partial charge in [0, 0.05) is 10.9 Å². The quantitative estimate of drug-likeness (QED) is 0.754. The largest absolute Gasteiger partial charge is 0.476 e. The van der Waals surface area contributed by atoms with Crippen molar-refractivity contribution in [2.24, 2.45) is 0 Å². The second-order valence-electron chi connectivity index (χ2n) is 3.85. The minimum Gasteiger partial charge on any atom is -0.476 e. The normalized spacial score (nSPS) is 23.9. The SMILES string of the molecule is O[C@@H]1c2cc3ccccc3nc2OC[C@H]1Br. The number of ether oxygens (including phenoxy) is 1. The van der Waals surface area contributed by atoms with Crippen molar-refractivity contribution in [1.29, 1.82) is 0 Å². The number of pyridine rings is 1. The van der Waals surface area contributed by atoms with Gasteiger partial charge in [0.05, 0.1) is 10.3 Å². The molecule has 0 aliphatic carbocycles. The minimum absolute atomic E-state index is 0.0667. The Kier molecular flexibility index (Phi) is 2.33. The molecule has 1 aliphatic rings. The zero-order valence-corrected chi connectivity index (χ0v) is 10.0. The van der Waals surface area contributed by atoms with E-state index in [0.29, 0.717) is 12.5 Å². The molecule has 2 atom stereocenters. The Bertz CT molecular complexity index is 544. The first-order chi connectivity index (χ1) is 7.75. The number of hydrogen-bond donors (Lipinski definition) is 1. The highest BCUT2D eigenvalue weighted by atomic mass is 79.9. The summed E-state index contributed by atoms with van der Waals surface area (Å²) in [4.78, 5) is 4.33. The summed E-state index contributed by atoms with van der Waals surface area (Å²) in [5, 5.41) is 11.0. The highest BCUT2D eigenvalue weighted by Gasteiger charge is 2.28. The Labute approximate surface area is 101 Å². The van der Waals surface area contributed by atoms with Crippen molar-refractivity contribution in [3.63, 3.8) is 0 Å². The van der Waals surface area contributed by atoms with Crippen molar-refractivity contribution < 1.29 is 9.84 Å². The van der Waals surface area contributed by atoms with Gasteiger partial charge in [-0.1, -0.05) is 34.1 Å². The Balaban J connectivity index is 2.23. The first-order valence-electron chi connectivity index (χ1n) is 5.10. The Morgan fingerprint density at radius 1 is 1.38 bits per heavy atom. The highest BCUT2D eigenvalue weighted by Crippen LogP contribution is 2.35. The van der Waals surface area contributed by atoms with Crippen LogP contribution in [0.3, 0.4) is 0 Å². The van der Waals surface area contributed by atoms with E-state index in [-0.39, 0.29) is 4.83 Å². The lowest BCUT2D eigenvalue weighted by molar-refractivity contribution is 0.122. The molecule has 0 amide bonds. The van der Waals surface area contributed by atoms with Gasteiger partial charge in [0.1, 0.15) is 12.7 Å². The van der Waals surface area contributed by atoms with E-state index in [0.717, 1.165) is 16.5 Å². The molecule has 3 nitrogen and oxygen atoms in total. The molecule has 1 N–H and O–H groups in total. The van der Waals surface area contributed by atoms with Crippen LogP contribution in [0, 0.1) is 0 Å². The van der Waals surface area contributed by atoms with Crippen LogP contribution in [0.15, 0.2) is 30.3 Å². The van der Waals surface area contributed by atoms with Gasteiger partial charge in [-0.05, 0) is 12.1 Å². The van der Waals surface area contributed by atoms with E-state index in [9.17, 15) is 5.11 Å². The molecular weight excluding hydrogens is 270 g/mol. The third kappa shape index (κ3) is 1.49. The monoisotopic (exact) mass is 279 g/mol. The van der Waals surface area contributed by atoms with Gasteiger partial charge < -0.3 is 9.84 Å². The predicted molar refractivity (Wildman–Crippen MR) is 64.9 cm³/mol. The zero-order valence-electron chi connectivity index (χ0n) is 8.43. The molecule has 2 heterocycles. The van der Waals surface area contributed by atoms with E-state index in [1.54, 1.807) is 0 Å². The number of aliphatic hydroxyl groups excluding tert-OH is 1. The number of rotatable bonds is 0. The lowest BCUT2D eigenvalue weighted by Gasteiger charge is -2.25. The number of aromatic nitrogens is 1. The molecule has 2 aromatic rings. The molecule has 0 unspecified atom stereocenters. The predicted octanol–water partition coefficient (Wildman–Crippen LogP) is 2.42. The fourth-order valence-corrected chi connectivity index (χ4v) is 2.30. The van der Waals surface area contributed by atoms with Crippen LogP contribution in [0.1, 0.15) is 11.7 Å². The molecule has 0 spiro atoms. The molecule has 82 valence electrons. The van der Waals surface area contributed by atoms with E-state index < -0.39 is 6.10 Å². The summed E-state index contributed by atoms with van der Waals surface area (Å²) < 4.78 is 5.50. The van der Waals surface area contributed by atoms with Gasteiger partial charge in [-0.2, -0.15) is 0 Å². The smallest absolute Gasteiger partial charge is 0.219 e. The topological polar surface area (TPSA) is 42.4 Å². The minimum atomic E-state index is -0.555. The fourth-order valence-electron chi connectivity index (χ4n) is 1.89. The average Bonchev–Trinajstić information content (AvgIpc) is 2.32. The van der Waals surface area contributed by atoms with Crippen molar-refractivity contribution in [3.8, 4) is 5.88 Å². The summed E-state index contributed by atoms with van der Waals surface area (Å²) >= 11 is 3.38. The van der Waals surface area contributed by atoms with Crippen molar-refractivity contribution in [2.75, 3.05) is 6.61 Å². The number of nitrogens with zero attached hydrogens (tertiary/aromatic N) is 1. The molecule has 0 saturated carbocycles. The molecule has 4 heteroatoms. The van der Waals surface area contributed by atoms with Gasteiger partial charge >= 0.3 is 0 Å². The van der Waals surface area contributed by atoms with Gasteiger partial charge in [0.2, 0.25) is 5.88 Å². The summed E-state index contributed by atoms with van der Waals surface area (Å²) in [7, 11) is 0. The lowest BCUT2D eigenvalue weighted by atomic mass is 10.0. The van der Waals surface area contributed by atoms with Crippen molar-refractivity contribution in [1.82, 2.24) is 4.98 Å². The second kappa shape index (κ2) is 3.71. The summed E-state index contributed by atoms with van der Waals surface area (Å²) in [5.74, 6) is 0.543. The van der Waals surface area contributed by atoms with Gasteiger partial charge in [0.25, 0.3) is 0 Å². The van der Waals surface area contributed by atoms with E-state index >= 15 is 0 Å². The molecule has 1 aromatic heterocycles. The second-order valence-corrected chi connectivity index (χ2v) is 5.02. The van der Waals surface area contributed by atoms with Crippen LogP contribution >= 0.6 is 15.9 Å². The third-order valence-corrected chi connectivity index (χ3v) is 3.52. The van der Waals surface area contributed by atoms with Gasteiger partial charge in [-0.3, -0.25) is 0 Å². The number of alkyl halides is 1. The molecule has 0 bridgehead atoms. The number of aliphatic hydroxyl groups is 1. The van der Waals surface area contributed by atoms with Crippen molar-refractivity contribution in [3.05, 3.63) is 35.9 Å². The van der Waals surface area contributed by atoms with Gasteiger partial charge in [-0.15, -0.1) is 0 Å². The zero-order chi connectivity index (χ0) is 11.1. The molecule has 3 rings (SSSR count). The Morgan fingerprint density at radius 2 is 2.19 bits per heavy atom. The summed E-state index contributed by atoms with van der Waals surface area (Å²) in [6.45, 7) is 0.444. The lowest BCUT2D eigenvalue weighted by Crippen LogP contribution is -2.26. The number of fused-ring (bicyclic) bond motifs is 2. The van der Waals surface area contributed by atoms with Gasteiger partial charge in [0.15, 0.2) is 0 Å². The Morgan fingerprint density at radius 3 is 3.06 bits per heavy atom. The standard InChI is InChI=1S/C12H10BrNO2/c13-9-6-16-12-8(11(9)15)5-7-3-1-2-4-10(7)14-12/h1-5,9,11,15H,6H2/t9-,11-/m1/s1. The molecule has 0 saturated heterocycles. The van der Waals surface area contributed by atoms with Crippen LogP contribution in [0.2, 0.25) is 0 Å². The van der Waals surface area contributed by atoms with Crippen LogP contribution in [0.25, 0.3) is 10.9 Å². The number of benzene rings is 1. The van der Waals surface area contributed by atoms with Crippen LogP contribution in [-0.2, 0) is 0 Å². The van der Waals surface area contributed by atoms with Crippen molar-refractivity contribution >= 4 is 26.8 Å². The maximum absolute atomic E-state index is 10.0. The number of para-hydroxylation sites is 1. The maximum Gasteiger partial charge on any atom is 0.219 e. The van der Waals surface area contributed by atoms with E-state index in [1.807, 2.05) is 30.3 Å². The average molecular weight is 280 g/mol. The molecule has 1 aliphatic heterocycles. The molecular formula is C12H10BrNO2. The summed E-state index contributed by atoms with van der Waals surface area (Å²) in [6.07, 6.45) is -0.555. The van der Waals surface area contributed by atoms with E-state index in [1.165, 1.54) is 0 Å². The van der Waals surface area contributed by atoms with Crippen molar-refractivity contribution in [2.45, 2.75) is 10.9 Å². The van der Waals surface area contributed by atoms with Crippen LogP contribution in [0.4, 0.5) is 0 Å². The molecule has 1 aromatic carbocycles. The Hall–Kier alpha value is -1.13. The number of hydrogen-bond acceptors (Lipinski definition) is 3. The van der Waals surface area contributed by atoms with E-state index in [4.69, 9.17) is 4.74 Å². The van der Waals surface area contributed by atoms with Crippen LogP contribution < -0.4 is 4.74 Å².